The van der Waals surface area contributed by atoms with Crippen molar-refractivity contribution in [2.75, 3.05) is 6.54 Å². The molecule has 1 saturated carbocycles. The lowest BCUT2D eigenvalue weighted by atomic mass is 9.96. The molecular formula is C11H13ClFN3. The molecule has 16 heavy (non-hydrogen) atoms. The molecule has 0 radical (unpaired) electrons. The molecule has 4 N–H and O–H groups in total. The number of nitrogens with zero attached hydrogens (tertiary/aromatic N) is 1. The first-order valence-electron chi connectivity index (χ1n) is 5.04. The van der Waals surface area contributed by atoms with Gasteiger partial charge in [-0.05, 0) is 30.5 Å². The molecule has 0 bridgehead atoms. The van der Waals surface area contributed by atoms with Crippen LogP contribution in [0, 0.1) is 5.82 Å². The van der Waals surface area contributed by atoms with Crippen LogP contribution in [0.4, 0.5) is 4.39 Å². The fourth-order valence-corrected chi connectivity index (χ4v) is 2.19. The van der Waals surface area contributed by atoms with Gasteiger partial charge in [-0.3, -0.25) is 4.99 Å². The summed E-state index contributed by atoms with van der Waals surface area (Å²) in [4.78, 5) is 4.02. The Labute approximate surface area is 98.3 Å². The highest BCUT2D eigenvalue weighted by Gasteiger charge is 2.45. The lowest BCUT2D eigenvalue weighted by Gasteiger charge is -2.14. The molecule has 3 nitrogen and oxygen atoms in total. The largest absolute Gasteiger partial charge is 0.370 e. The third kappa shape index (κ3) is 2.11. The molecule has 0 saturated heterocycles. The smallest absolute Gasteiger partial charge is 0.185 e. The fourth-order valence-electron chi connectivity index (χ4n) is 1.83. The van der Waals surface area contributed by atoms with E-state index in [0.29, 0.717) is 11.6 Å². The van der Waals surface area contributed by atoms with Gasteiger partial charge in [0.2, 0.25) is 0 Å². The van der Waals surface area contributed by atoms with Crippen LogP contribution >= 0.6 is 11.6 Å². The summed E-state index contributed by atoms with van der Waals surface area (Å²) in [6.07, 6.45) is 1.96. The second-order valence-corrected chi connectivity index (χ2v) is 4.55. The first-order valence-corrected chi connectivity index (χ1v) is 5.42. The second-order valence-electron chi connectivity index (χ2n) is 4.15. The van der Waals surface area contributed by atoms with Crippen molar-refractivity contribution in [2.24, 2.45) is 16.5 Å². The Morgan fingerprint density at radius 1 is 1.44 bits per heavy atom. The zero-order chi connectivity index (χ0) is 11.8. The first-order chi connectivity index (χ1) is 7.53. The Morgan fingerprint density at radius 3 is 2.62 bits per heavy atom. The molecule has 1 aromatic carbocycles. The molecule has 0 aromatic heterocycles. The van der Waals surface area contributed by atoms with Crippen LogP contribution in [0.3, 0.4) is 0 Å². The van der Waals surface area contributed by atoms with Crippen molar-refractivity contribution in [3.8, 4) is 0 Å². The highest BCUT2D eigenvalue weighted by molar-refractivity contribution is 6.31. The summed E-state index contributed by atoms with van der Waals surface area (Å²) < 4.78 is 12.9. The zero-order valence-corrected chi connectivity index (χ0v) is 9.47. The van der Waals surface area contributed by atoms with E-state index in [1.54, 1.807) is 6.07 Å². The van der Waals surface area contributed by atoms with Crippen molar-refractivity contribution >= 4 is 17.6 Å². The molecule has 86 valence electrons. The van der Waals surface area contributed by atoms with Crippen molar-refractivity contribution in [1.29, 1.82) is 0 Å². The van der Waals surface area contributed by atoms with E-state index in [1.165, 1.54) is 12.1 Å². The van der Waals surface area contributed by atoms with Gasteiger partial charge in [-0.2, -0.15) is 0 Å². The van der Waals surface area contributed by atoms with Gasteiger partial charge in [0.1, 0.15) is 5.82 Å². The van der Waals surface area contributed by atoms with Gasteiger partial charge >= 0.3 is 0 Å². The average molecular weight is 242 g/mol. The quantitative estimate of drug-likeness (QED) is 0.626. The maximum Gasteiger partial charge on any atom is 0.185 e. The monoisotopic (exact) mass is 241 g/mol. The number of hydrogen-bond donors (Lipinski definition) is 2. The van der Waals surface area contributed by atoms with Crippen LogP contribution in [-0.4, -0.2) is 12.5 Å². The third-order valence-corrected chi connectivity index (χ3v) is 3.23. The SMILES string of the molecule is NC(N)=NCC1(c2ccc(F)cc2Cl)CC1. The Bertz CT molecular complexity index is 437. The molecule has 1 fully saturated rings. The fraction of sp³-hybridized carbons (Fsp3) is 0.364. The van der Waals surface area contributed by atoms with Gasteiger partial charge in [0.25, 0.3) is 0 Å². The number of rotatable bonds is 3. The molecule has 0 atom stereocenters. The van der Waals surface area contributed by atoms with E-state index in [-0.39, 0.29) is 17.2 Å². The zero-order valence-electron chi connectivity index (χ0n) is 8.71. The Morgan fingerprint density at radius 2 is 2.12 bits per heavy atom. The average Bonchev–Trinajstić information content (AvgIpc) is 2.96. The normalized spacial score (nSPS) is 16.9. The summed E-state index contributed by atoms with van der Waals surface area (Å²) >= 11 is 6.02. The second kappa shape index (κ2) is 3.94. The van der Waals surface area contributed by atoms with Crippen LogP contribution in [0.1, 0.15) is 18.4 Å². The van der Waals surface area contributed by atoms with Crippen molar-refractivity contribution in [1.82, 2.24) is 0 Å². The summed E-state index contributed by atoms with van der Waals surface area (Å²) in [6.45, 7) is 0.515. The van der Waals surface area contributed by atoms with Crippen molar-refractivity contribution in [3.05, 3.63) is 34.6 Å². The Kier molecular flexibility index (Phi) is 2.76. The minimum Gasteiger partial charge on any atom is -0.370 e. The van der Waals surface area contributed by atoms with Crippen molar-refractivity contribution in [3.63, 3.8) is 0 Å². The lowest BCUT2D eigenvalue weighted by molar-refractivity contribution is 0.623. The molecular weight excluding hydrogens is 229 g/mol. The summed E-state index contributed by atoms with van der Waals surface area (Å²) in [6, 6.07) is 4.45. The van der Waals surface area contributed by atoms with E-state index in [9.17, 15) is 4.39 Å². The van der Waals surface area contributed by atoms with Gasteiger partial charge in [-0.1, -0.05) is 17.7 Å². The molecule has 1 aromatic rings. The van der Waals surface area contributed by atoms with E-state index < -0.39 is 0 Å². The number of nitrogens with two attached hydrogens (primary N) is 2. The topological polar surface area (TPSA) is 64.4 Å². The van der Waals surface area contributed by atoms with Crippen LogP contribution in [0.15, 0.2) is 23.2 Å². The maximum atomic E-state index is 12.9. The van der Waals surface area contributed by atoms with Crippen LogP contribution in [0.5, 0.6) is 0 Å². The molecule has 0 aliphatic heterocycles. The van der Waals surface area contributed by atoms with Crippen molar-refractivity contribution < 1.29 is 4.39 Å². The summed E-state index contributed by atoms with van der Waals surface area (Å²) in [5, 5.41) is 0.447. The first kappa shape index (κ1) is 11.2. The minimum atomic E-state index is -0.327. The van der Waals surface area contributed by atoms with E-state index in [2.05, 4.69) is 4.99 Å². The predicted molar refractivity (Wildman–Crippen MR) is 63.0 cm³/mol. The van der Waals surface area contributed by atoms with Gasteiger partial charge < -0.3 is 11.5 Å². The van der Waals surface area contributed by atoms with E-state index >= 15 is 0 Å². The number of benzene rings is 1. The highest BCUT2D eigenvalue weighted by Crippen LogP contribution is 2.50. The minimum absolute atomic E-state index is 0.0736. The summed E-state index contributed by atoms with van der Waals surface area (Å²) in [5.74, 6) is -0.254. The molecule has 0 amide bonds. The Balaban J connectivity index is 2.26. The number of halogens is 2. The van der Waals surface area contributed by atoms with Crippen LogP contribution in [0.25, 0.3) is 0 Å². The van der Waals surface area contributed by atoms with E-state index in [1.807, 2.05) is 0 Å². The van der Waals surface area contributed by atoms with Crippen molar-refractivity contribution in [2.45, 2.75) is 18.3 Å². The van der Waals surface area contributed by atoms with Gasteiger partial charge in [0.15, 0.2) is 5.96 Å². The molecule has 5 heteroatoms. The number of aliphatic imine (C=N–C) groups is 1. The summed E-state index contributed by atoms with van der Waals surface area (Å²) in [7, 11) is 0. The van der Waals surface area contributed by atoms with Crippen LogP contribution in [0.2, 0.25) is 5.02 Å². The summed E-state index contributed by atoms with van der Waals surface area (Å²) in [5.41, 5.74) is 11.4. The molecule has 1 aliphatic rings. The lowest BCUT2D eigenvalue weighted by Crippen LogP contribution is -2.25. The van der Waals surface area contributed by atoms with Crippen LogP contribution in [-0.2, 0) is 5.41 Å². The van der Waals surface area contributed by atoms with E-state index in [0.717, 1.165) is 18.4 Å². The predicted octanol–water partition coefficient (Wildman–Crippen LogP) is 1.78. The van der Waals surface area contributed by atoms with Gasteiger partial charge in [-0.25, -0.2) is 4.39 Å². The molecule has 2 rings (SSSR count). The molecule has 0 unspecified atom stereocenters. The Hall–Kier alpha value is -1.29. The molecule has 0 heterocycles. The van der Waals surface area contributed by atoms with Crippen LogP contribution < -0.4 is 11.5 Å². The highest BCUT2D eigenvalue weighted by atomic mass is 35.5. The van der Waals surface area contributed by atoms with Gasteiger partial charge in [0.05, 0.1) is 6.54 Å². The van der Waals surface area contributed by atoms with E-state index in [4.69, 9.17) is 23.1 Å². The number of hydrogen-bond acceptors (Lipinski definition) is 1. The third-order valence-electron chi connectivity index (χ3n) is 2.92. The standard InChI is InChI=1S/C11H13ClFN3/c12-9-5-7(13)1-2-8(9)11(3-4-11)6-16-10(14)15/h1-2,5H,3-4,6H2,(H4,14,15,16). The molecule has 0 spiro atoms. The van der Waals surface area contributed by atoms with Gasteiger partial charge in [0, 0.05) is 10.4 Å². The van der Waals surface area contributed by atoms with Gasteiger partial charge in [-0.15, -0.1) is 0 Å². The number of guanidine groups is 1. The maximum absolute atomic E-state index is 12.9. The molecule has 1 aliphatic carbocycles.